The highest BCUT2D eigenvalue weighted by molar-refractivity contribution is 6.31. The fraction of sp³-hybridized carbons (Fsp3) is 0.800. The monoisotopic (exact) mass is 314 g/mol. The summed E-state index contributed by atoms with van der Waals surface area (Å²) in [6, 6.07) is 0.233. The van der Waals surface area contributed by atoms with Crippen LogP contribution in [0, 0.1) is 12.8 Å². The van der Waals surface area contributed by atoms with Gasteiger partial charge in [0.1, 0.15) is 0 Å². The molecule has 0 bridgehead atoms. The Kier molecular flexibility index (Phi) is 6.05. The zero-order valence-electron chi connectivity index (χ0n) is 13.2. The number of hydrogen-bond acceptors (Lipinski definition) is 4. The van der Waals surface area contributed by atoms with E-state index in [0.29, 0.717) is 12.0 Å². The lowest BCUT2D eigenvalue weighted by Crippen LogP contribution is -2.42. The third-order valence-corrected chi connectivity index (χ3v) is 4.83. The Morgan fingerprint density at radius 1 is 1.48 bits per heavy atom. The molecule has 1 aromatic heterocycles. The van der Waals surface area contributed by atoms with Crippen molar-refractivity contribution in [3.05, 3.63) is 16.4 Å². The maximum atomic E-state index is 6.37. The summed E-state index contributed by atoms with van der Waals surface area (Å²) in [5.74, 6) is 6.43. The number of nitrogens with two attached hydrogens (primary N) is 1. The predicted molar refractivity (Wildman–Crippen MR) is 85.2 cm³/mol. The van der Waals surface area contributed by atoms with Gasteiger partial charge in [-0.15, -0.1) is 0 Å². The Bertz CT molecular complexity index is 457. The van der Waals surface area contributed by atoms with Crippen LogP contribution in [0.1, 0.15) is 44.5 Å². The Morgan fingerprint density at radius 2 is 2.19 bits per heavy atom. The van der Waals surface area contributed by atoms with E-state index in [9.17, 15) is 0 Å². The van der Waals surface area contributed by atoms with Crippen LogP contribution in [0.15, 0.2) is 0 Å². The van der Waals surface area contributed by atoms with Crippen LogP contribution in [-0.2, 0) is 17.7 Å². The first kappa shape index (κ1) is 16.7. The molecule has 1 atom stereocenters. The lowest BCUT2D eigenvalue weighted by molar-refractivity contribution is -0.0290. The molecule has 2 rings (SSSR count). The van der Waals surface area contributed by atoms with Gasteiger partial charge in [0.15, 0.2) is 0 Å². The summed E-state index contributed by atoms with van der Waals surface area (Å²) in [7, 11) is 0. The minimum absolute atomic E-state index is 0.233. The number of hydrazine groups is 1. The summed E-state index contributed by atoms with van der Waals surface area (Å²) in [6.07, 6.45) is 4.62. The van der Waals surface area contributed by atoms with Gasteiger partial charge >= 0.3 is 0 Å². The molecule has 0 radical (unpaired) electrons. The number of rotatable bonds is 8. The van der Waals surface area contributed by atoms with Gasteiger partial charge in [-0.25, -0.2) is 0 Å². The molecule has 1 aliphatic carbocycles. The van der Waals surface area contributed by atoms with Gasteiger partial charge in [-0.05, 0) is 46.0 Å². The molecule has 0 spiro atoms. The van der Waals surface area contributed by atoms with Crippen LogP contribution in [0.3, 0.4) is 0 Å². The number of hydrogen-bond donors (Lipinski definition) is 2. The highest BCUT2D eigenvalue weighted by atomic mass is 35.5. The summed E-state index contributed by atoms with van der Waals surface area (Å²) in [4.78, 5) is 0. The number of halogens is 1. The minimum Gasteiger partial charge on any atom is -0.378 e. The molecule has 0 amide bonds. The summed E-state index contributed by atoms with van der Waals surface area (Å²) in [6.45, 7) is 7.71. The van der Waals surface area contributed by atoms with Crippen molar-refractivity contribution in [3.63, 3.8) is 0 Å². The van der Waals surface area contributed by atoms with E-state index >= 15 is 0 Å². The highest BCUT2D eigenvalue weighted by Crippen LogP contribution is 2.34. The van der Waals surface area contributed by atoms with Crippen molar-refractivity contribution >= 4 is 11.6 Å². The minimum atomic E-state index is 0.233. The van der Waals surface area contributed by atoms with Gasteiger partial charge in [-0.2, -0.15) is 5.10 Å². The van der Waals surface area contributed by atoms with E-state index in [1.165, 1.54) is 0 Å². The fourth-order valence-corrected chi connectivity index (χ4v) is 3.36. The van der Waals surface area contributed by atoms with Crippen molar-refractivity contribution in [2.24, 2.45) is 11.8 Å². The third kappa shape index (κ3) is 3.97. The maximum absolute atomic E-state index is 6.37. The first-order chi connectivity index (χ1) is 10.1. The van der Waals surface area contributed by atoms with Gasteiger partial charge in [0.05, 0.1) is 22.5 Å². The maximum Gasteiger partial charge on any atom is 0.0847 e. The van der Waals surface area contributed by atoms with Crippen LogP contribution in [0.4, 0.5) is 0 Å². The van der Waals surface area contributed by atoms with Gasteiger partial charge in [-0.3, -0.25) is 16.0 Å². The zero-order chi connectivity index (χ0) is 15.4. The van der Waals surface area contributed by atoms with Crippen LogP contribution in [0.25, 0.3) is 0 Å². The van der Waals surface area contributed by atoms with E-state index in [1.54, 1.807) is 0 Å². The molecule has 0 aliphatic heterocycles. The van der Waals surface area contributed by atoms with Crippen molar-refractivity contribution in [2.75, 3.05) is 6.61 Å². The van der Waals surface area contributed by atoms with Crippen LogP contribution in [0.5, 0.6) is 0 Å². The zero-order valence-corrected chi connectivity index (χ0v) is 14.0. The Hall–Kier alpha value is -0.620. The Morgan fingerprint density at radius 3 is 2.76 bits per heavy atom. The van der Waals surface area contributed by atoms with Crippen molar-refractivity contribution in [3.8, 4) is 0 Å². The first-order valence-corrected chi connectivity index (χ1v) is 8.26. The van der Waals surface area contributed by atoms with Gasteiger partial charge in [-0.1, -0.05) is 11.6 Å². The lowest BCUT2D eigenvalue weighted by Gasteiger charge is -2.37. The first-order valence-electron chi connectivity index (χ1n) is 7.88. The van der Waals surface area contributed by atoms with Gasteiger partial charge in [0.2, 0.25) is 0 Å². The van der Waals surface area contributed by atoms with Crippen molar-refractivity contribution < 1.29 is 4.74 Å². The van der Waals surface area contributed by atoms with Gasteiger partial charge in [0.25, 0.3) is 0 Å². The van der Waals surface area contributed by atoms with Gasteiger partial charge < -0.3 is 4.74 Å². The topological polar surface area (TPSA) is 65.1 Å². The average Bonchev–Trinajstić information content (AvgIpc) is 2.71. The largest absolute Gasteiger partial charge is 0.378 e. The summed E-state index contributed by atoms with van der Waals surface area (Å²) >= 11 is 6.37. The van der Waals surface area contributed by atoms with E-state index in [-0.39, 0.29) is 6.04 Å². The molecule has 1 saturated carbocycles. The smallest absolute Gasteiger partial charge is 0.0847 e. The molecule has 120 valence electrons. The summed E-state index contributed by atoms with van der Waals surface area (Å²) in [5, 5.41) is 5.24. The van der Waals surface area contributed by atoms with Crippen LogP contribution >= 0.6 is 11.6 Å². The van der Waals surface area contributed by atoms with Crippen molar-refractivity contribution in [1.29, 1.82) is 0 Å². The molecule has 1 heterocycles. The normalized spacial score (nSPS) is 23.1. The Balaban J connectivity index is 1.91. The number of nitrogens with one attached hydrogen (secondary N) is 1. The van der Waals surface area contributed by atoms with E-state index in [1.807, 2.05) is 18.5 Å². The second kappa shape index (κ2) is 7.58. The lowest BCUT2D eigenvalue weighted by atomic mass is 9.77. The van der Waals surface area contributed by atoms with Crippen molar-refractivity contribution in [1.82, 2.24) is 15.2 Å². The standard InChI is InChI=1S/C15H27ClN4O/c1-4-20-14(15(16)10(3)19-20)9-12(18-17)6-11-7-13(8-11)21-5-2/h11-13,18H,4-9,17H2,1-3H3. The molecule has 21 heavy (non-hydrogen) atoms. The SMILES string of the molecule is CCOC1CC(CC(Cc2c(Cl)c(C)nn2CC)NN)C1. The summed E-state index contributed by atoms with van der Waals surface area (Å²) in [5.41, 5.74) is 4.92. The highest BCUT2D eigenvalue weighted by Gasteiger charge is 2.31. The molecule has 0 aromatic carbocycles. The van der Waals surface area contributed by atoms with Crippen LogP contribution < -0.4 is 11.3 Å². The van der Waals surface area contributed by atoms with E-state index in [0.717, 1.165) is 55.2 Å². The second-order valence-corrected chi connectivity index (χ2v) is 6.26. The van der Waals surface area contributed by atoms with E-state index in [2.05, 4.69) is 17.4 Å². The Labute approximate surface area is 132 Å². The number of aryl methyl sites for hydroxylation is 2. The molecule has 1 unspecified atom stereocenters. The average molecular weight is 315 g/mol. The predicted octanol–water partition coefficient (Wildman–Crippen LogP) is 2.44. The molecular formula is C15H27ClN4O. The number of aromatic nitrogens is 2. The molecule has 1 aromatic rings. The summed E-state index contributed by atoms with van der Waals surface area (Å²) < 4.78 is 7.59. The van der Waals surface area contributed by atoms with Crippen LogP contribution in [-0.4, -0.2) is 28.5 Å². The van der Waals surface area contributed by atoms with Crippen molar-refractivity contribution in [2.45, 2.75) is 65.1 Å². The van der Waals surface area contributed by atoms with Gasteiger partial charge in [0, 0.05) is 25.6 Å². The molecular weight excluding hydrogens is 288 g/mol. The molecule has 0 saturated heterocycles. The number of ether oxygens (including phenoxy) is 1. The third-order valence-electron chi connectivity index (χ3n) is 4.34. The molecule has 6 heteroatoms. The second-order valence-electron chi connectivity index (χ2n) is 5.88. The molecule has 5 nitrogen and oxygen atoms in total. The molecule has 3 N–H and O–H groups in total. The van der Waals surface area contributed by atoms with Crippen LogP contribution in [0.2, 0.25) is 5.02 Å². The van der Waals surface area contributed by atoms with E-state index < -0.39 is 0 Å². The number of nitrogens with zero attached hydrogens (tertiary/aromatic N) is 2. The fourth-order valence-electron chi connectivity index (χ4n) is 3.15. The quantitative estimate of drug-likeness (QED) is 0.571. The molecule has 1 aliphatic rings. The molecule has 1 fully saturated rings. The van der Waals surface area contributed by atoms with E-state index in [4.69, 9.17) is 22.2 Å².